The number of unbranched alkanes of at least 4 members (excludes halogenated alkanes) is 6. The molecule has 0 saturated carbocycles. The number of hydrogen-bond acceptors (Lipinski definition) is 4. The number of anilines is 1. The number of ether oxygens (including phenoxy) is 2. The average Bonchev–Trinajstić information content (AvgIpc) is 2.95. The number of carbonyl (C=O) groups is 2. The predicted molar refractivity (Wildman–Crippen MR) is 156 cm³/mol. The van der Waals surface area contributed by atoms with Crippen LogP contribution in [0.25, 0.3) is 0 Å². The minimum Gasteiger partial charge on any atom is -0.493 e. The van der Waals surface area contributed by atoms with Crippen molar-refractivity contribution >= 4 is 17.6 Å². The maximum absolute atomic E-state index is 12.9. The Bertz CT molecular complexity index is 954. The summed E-state index contributed by atoms with van der Waals surface area (Å²) >= 11 is 0. The molecule has 0 aliphatic rings. The largest absolute Gasteiger partial charge is 0.493 e. The van der Waals surface area contributed by atoms with Crippen LogP contribution in [0.4, 0.5) is 5.69 Å². The first-order chi connectivity index (χ1) is 18.5. The first-order valence-corrected chi connectivity index (χ1v) is 14.6. The monoisotopic (exact) mass is 525 g/mol. The van der Waals surface area contributed by atoms with Crippen molar-refractivity contribution in [3.05, 3.63) is 59.7 Å². The van der Waals surface area contributed by atoms with Crippen LogP contribution < -0.4 is 10.1 Å². The number of amides is 1. The molecule has 2 aromatic rings. The maximum Gasteiger partial charge on any atom is 0.338 e. The average molecular weight is 526 g/mol. The fourth-order valence-corrected chi connectivity index (χ4v) is 4.61. The van der Waals surface area contributed by atoms with Gasteiger partial charge in [0, 0.05) is 5.69 Å². The Labute approximate surface area is 230 Å². The van der Waals surface area contributed by atoms with Crippen LogP contribution in [0.1, 0.15) is 99.8 Å². The van der Waals surface area contributed by atoms with Gasteiger partial charge >= 0.3 is 5.97 Å². The van der Waals surface area contributed by atoms with Crippen LogP contribution in [-0.2, 0) is 4.74 Å². The Hall–Kier alpha value is -2.86. The summed E-state index contributed by atoms with van der Waals surface area (Å²) in [6.07, 6.45) is 9.47. The van der Waals surface area contributed by atoms with Gasteiger partial charge < -0.3 is 19.3 Å². The molecule has 6 nitrogen and oxygen atoms in total. The van der Waals surface area contributed by atoms with E-state index in [0.29, 0.717) is 35.8 Å². The van der Waals surface area contributed by atoms with Crippen LogP contribution in [0.15, 0.2) is 48.5 Å². The van der Waals surface area contributed by atoms with E-state index in [9.17, 15) is 9.59 Å². The molecule has 0 aliphatic carbocycles. The third kappa shape index (κ3) is 10.5. The lowest BCUT2D eigenvalue weighted by molar-refractivity contribution is -0.925. The van der Waals surface area contributed by atoms with Gasteiger partial charge in [0.2, 0.25) is 0 Å². The first kappa shape index (κ1) is 31.4. The van der Waals surface area contributed by atoms with Gasteiger partial charge in [-0.05, 0) is 63.1 Å². The molecule has 0 heterocycles. The Kier molecular flexibility index (Phi) is 14.5. The van der Waals surface area contributed by atoms with Gasteiger partial charge in [0.25, 0.3) is 5.91 Å². The molecule has 210 valence electrons. The van der Waals surface area contributed by atoms with Crippen LogP contribution in [0.5, 0.6) is 5.75 Å². The third-order valence-corrected chi connectivity index (χ3v) is 7.39. The lowest BCUT2D eigenvalue weighted by Gasteiger charge is -2.36. The Morgan fingerprint density at radius 3 is 2.08 bits per heavy atom. The zero-order valence-electron chi connectivity index (χ0n) is 24.1. The lowest BCUT2D eigenvalue weighted by Crippen LogP contribution is -2.50. The van der Waals surface area contributed by atoms with Crippen molar-refractivity contribution in [2.75, 3.05) is 44.7 Å². The van der Waals surface area contributed by atoms with Gasteiger partial charge in [0.1, 0.15) is 18.9 Å². The van der Waals surface area contributed by atoms with Crippen LogP contribution in [0, 0.1) is 0 Å². The Morgan fingerprint density at radius 2 is 1.39 bits per heavy atom. The molecule has 0 unspecified atom stereocenters. The van der Waals surface area contributed by atoms with Gasteiger partial charge in [0.15, 0.2) is 0 Å². The number of hydrogen-bond donors (Lipinski definition) is 1. The standard InChI is InChI=1S/C32H48N2O4/c1-5-9-11-12-13-16-25-37-30-18-15-14-17-29(30)31(35)33-28-21-19-27(20-22-28)32(36)38-26-24-34(7-3,8-4)23-10-6-2/h14-15,17-22H,5-13,16,23-26H2,1-4H3/p+1. The van der Waals surface area contributed by atoms with Gasteiger partial charge in [-0.25, -0.2) is 4.79 Å². The minimum absolute atomic E-state index is 0.237. The molecule has 38 heavy (non-hydrogen) atoms. The van der Waals surface area contributed by atoms with Gasteiger partial charge in [-0.3, -0.25) is 4.79 Å². The van der Waals surface area contributed by atoms with E-state index in [0.717, 1.165) is 43.5 Å². The molecule has 0 fully saturated rings. The highest BCUT2D eigenvalue weighted by atomic mass is 16.5. The van der Waals surface area contributed by atoms with Crippen LogP contribution in [-0.4, -0.2) is 55.8 Å². The summed E-state index contributed by atoms with van der Waals surface area (Å²) in [4.78, 5) is 25.5. The van der Waals surface area contributed by atoms with Gasteiger partial charge in [-0.2, -0.15) is 0 Å². The van der Waals surface area contributed by atoms with Crippen molar-refractivity contribution in [2.45, 2.75) is 79.1 Å². The van der Waals surface area contributed by atoms with Crippen molar-refractivity contribution in [1.82, 2.24) is 0 Å². The maximum atomic E-state index is 12.9. The zero-order chi connectivity index (χ0) is 27.6. The summed E-state index contributed by atoms with van der Waals surface area (Å²) in [7, 11) is 0. The smallest absolute Gasteiger partial charge is 0.338 e. The molecule has 0 bridgehead atoms. The van der Waals surface area contributed by atoms with E-state index >= 15 is 0 Å². The molecule has 0 aliphatic heterocycles. The highest BCUT2D eigenvalue weighted by Crippen LogP contribution is 2.21. The number of nitrogens with one attached hydrogen (secondary N) is 1. The van der Waals surface area contributed by atoms with Crippen molar-refractivity contribution in [2.24, 2.45) is 0 Å². The molecule has 2 rings (SSSR count). The quantitative estimate of drug-likeness (QED) is 0.117. The summed E-state index contributed by atoms with van der Waals surface area (Å²) < 4.78 is 12.5. The number of nitrogens with zero attached hydrogens (tertiary/aromatic N) is 1. The number of carbonyl (C=O) groups excluding carboxylic acids is 2. The highest BCUT2D eigenvalue weighted by molar-refractivity contribution is 6.06. The van der Waals surface area contributed by atoms with Crippen molar-refractivity contribution in [3.63, 3.8) is 0 Å². The fraction of sp³-hybridized carbons (Fsp3) is 0.562. The van der Waals surface area contributed by atoms with E-state index in [1.807, 2.05) is 18.2 Å². The summed E-state index contributed by atoms with van der Waals surface area (Å²) in [5, 5.41) is 2.91. The van der Waals surface area contributed by atoms with Crippen molar-refractivity contribution in [3.8, 4) is 5.75 Å². The number of rotatable bonds is 19. The molecule has 0 atom stereocenters. The zero-order valence-corrected chi connectivity index (χ0v) is 24.1. The number of quaternary nitrogens is 1. The van der Waals surface area contributed by atoms with Crippen molar-refractivity contribution in [1.29, 1.82) is 0 Å². The summed E-state index contributed by atoms with van der Waals surface area (Å²) in [5.41, 5.74) is 1.59. The first-order valence-electron chi connectivity index (χ1n) is 14.6. The molecule has 6 heteroatoms. The van der Waals surface area contributed by atoms with E-state index in [1.165, 1.54) is 38.5 Å². The third-order valence-electron chi connectivity index (χ3n) is 7.39. The summed E-state index contributed by atoms with van der Waals surface area (Å²) in [5.74, 6) is 0.0163. The van der Waals surface area contributed by atoms with Crippen molar-refractivity contribution < 1.29 is 23.5 Å². The summed E-state index contributed by atoms with van der Waals surface area (Å²) in [6, 6.07) is 14.2. The van der Waals surface area contributed by atoms with E-state index in [1.54, 1.807) is 30.3 Å². The Balaban J connectivity index is 1.86. The van der Waals surface area contributed by atoms with Gasteiger partial charge in [-0.1, -0.05) is 64.5 Å². The van der Waals surface area contributed by atoms with E-state index in [2.05, 4.69) is 33.0 Å². The second-order valence-electron chi connectivity index (χ2n) is 10.1. The number of esters is 1. The molecule has 0 aromatic heterocycles. The SMILES string of the molecule is CCCCCCCCOc1ccccc1C(=O)Nc1ccc(C(=O)OCC[N+](CC)(CC)CCCC)cc1. The molecular formula is C32H49N2O4+. The van der Waals surface area contributed by atoms with E-state index in [4.69, 9.17) is 9.47 Å². The van der Waals surface area contributed by atoms with E-state index in [-0.39, 0.29) is 11.9 Å². The highest BCUT2D eigenvalue weighted by Gasteiger charge is 2.23. The van der Waals surface area contributed by atoms with Crippen LogP contribution in [0.3, 0.4) is 0 Å². The van der Waals surface area contributed by atoms with E-state index < -0.39 is 0 Å². The number of likely N-dealkylation sites (N-methyl/N-ethyl adjacent to an activating group) is 1. The van der Waals surface area contributed by atoms with Crippen LogP contribution >= 0.6 is 0 Å². The number of benzene rings is 2. The van der Waals surface area contributed by atoms with Gasteiger partial charge in [0.05, 0.1) is 37.4 Å². The fourth-order valence-electron chi connectivity index (χ4n) is 4.61. The molecule has 0 saturated heterocycles. The molecule has 1 N–H and O–H groups in total. The molecule has 0 radical (unpaired) electrons. The van der Waals surface area contributed by atoms with Gasteiger partial charge in [-0.15, -0.1) is 0 Å². The second kappa shape index (κ2) is 17.6. The molecule has 0 spiro atoms. The number of para-hydroxylation sites is 1. The summed E-state index contributed by atoms with van der Waals surface area (Å²) in [6.45, 7) is 13.8. The molecule has 2 aromatic carbocycles. The normalized spacial score (nSPS) is 11.3. The minimum atomic E-state index is -0.336. The predicted octanol–water partition coefficient (Wildman–Crippen LogP) is 7.49. The Morgan fingerprint density at radius 1 is 0.737 bits per heavy atom. The van der Waals surface area contributed by atoms with Crippen LogP contribution in [0.2, 0.25) is 0 Å². The topological polar surface area (TPSA) is 64.6 Å². The molecule has 1 amide bonds. The molecular weight excluding hydrogens is 476 g/mol. The second-order valence-corrected chi connectivity index (χ2v) is 10.1. The lowest BCUT2D eigenvalue weighted by atomic mass is 10.1.